The summed E-state index contributed by atoms with van der Waals surface area (Å²) in [4.78, 5) is 68.6. The molecule has 0 aromatic carbocycles. The molecule has 5 atom stereocenters. The maximum absolute atomic E-state index is 14.1. The Morgan fingerprint density at radius 1 is 1.00 bits per heavy atom. The van der Waals surface area contributed by atoms with Crippen molar-refractivity contribution in [2.45, 2.75) is 132 Å². The average Bonchev–Trinajstić information content (AvgIpc) is 3.92. The maximum Gasteiger partial charge on any atom is 0.408 e. The second-order valence-corrected chi connectivity index (χ2v) is 16.5. The molecule has 48 heavy (non-hydrogen) atoms. The third-order valence-corrected chi connectivity index (χ3v) is 11.2. The van der Waals surface area contributed by atoms with Gasteiger partial charge in [-0.2, -0.15) is 0 Å². The quantitative estimate of drug-likeness (QED) is 0.297. The summed E-state index contributed by atoms with van der Waals surface area (Å²) in [5, 5.41) is 7.64. The number of hydrogen-bond acceptors (Lipinski definition) is 10. The van der Waals surface area contributed by atoms with Gasteiger partial charge in [-0.05, 0) is 65.7 Å². The van der Waals surface area contributed by atoms with Crippen molar-refractivity contribution in [2.75, 3.05) is 19.8 Å². The van der Waals surface area contributed by atoms with Crippen LogP contribution in [0.2, 0.25) is 0 Å². The van der Waals surface area contributed by atoms with Crippen molar-refractivity contribution in [1.82, 2.24) is 25.6 Å². The lowest BCUT2D eigenvalue weighted by atomic mass is 9.96. The van der Waals surface area contributed by atoms with Crippen molar-refractivity contribution in [1.29, 1.82) is 0 Å². The highest BCUT2D eigenvalue weighted by Crippen LogP contribution is 2.46. The van der Waals surface area contributed by atoms with Crippen LogP contribution in [0.15, 0.2) is 12.2 Å². The van der Waals surface area contributed by atoms with E-state index in [1.807, 2.05) is 0 Å². The predicted molar refractivity (Wildman–Crippen MR) is 172 cm³/mol. The van der Waals surface area contributed by atoms with E-state index in [0.717, 1.165) is 32.1 Å². The molecular weight excluding hydrogens is 646 g/mol. The molecule has 4 N–H and O–H groups in total. The molecule has 0 spiro atoms. The van der Waals surface area contributed by atoms with Crippen LogP contribution < -0.4 is 20.7 Å². The van der Waals surface area contributed by atoms with Crippen LogP contribution in [0.1, 0.15) is 91.4 Å². The summed E-state index contributed by atoms with van der Waals surface area (Å²) < 4.78 is 44.3. The zero-order valence-corrected chi connectivity index (χ0v) is 28.8. The van der Waals surface area contributed by atoms with Crippen LogP contribution in [-0.4, -0.2) is 104 Å². The van der Waals surface area contributed by atoms with E-state index >= 15 is 0 Å². The van der Waals surface area contributed by atoms with E-state index in [9.17, 15) is 32.4 Å². The Hall–Kier alpha value is -3.40. The number of alkyl carbamates (subject to hydrolysis) is 2. The van der Waals surface area contributed by atoms with Crippen LogP contribution in [0.4, 0.5) is 9.59 Å². The van der Waals surface area contributed by atoms with Gasteiger partial charge in [-0.3, -0.25) is 19.1 Å². The highest BCUT2D eigenvalue weighted by atomic mass is 32.2. The SMILES string of the molecule is CC(C)(C)OC(=O)N[C@H]1CCCOC/C=C\[C@@H]2C[C@@]2(C(=O)NS(=O)(=O)C2CC2)NC(=O)[C@@H]2C[C@@H](OC(=O)NC3CCCCC3)CN2C1=O. The molecule has 0 aromatic rings. The van der Waals surface area contributed by atoms with E-state index in [0.29, 0.717) is 19.3 Å². The second kappa shape index (κ2) is 14.6. The van der Waals surface area contributed by atoms with Crippen LogP contribution in [0, 0.1) is 5.92 Å². The average molecular weight is 696 g/mol. The van der Waals surface area contributed by atoms with Crippen LogP contribution in [0.25, 0.3) is 0 Å². The molecule has 1 saturated heterocycles. The van der Waals surface area contributed by atoms with Crippen molar-refractivity contribution >= 4 is 39.9 Å². The fraction of sp³-hybridized carbons (Fsp3) is 0.781. The first kappa shape index (κ1) is 35.9. The fourth-order valence-corrected chi connectivity index (χ4v) is 7.97. The molecular formula is C32H49N5O10S. The van der Waals surface area contributed by atoms with Crippen molar-refractivity contribution in [2.24, 2.45) is 5.92 Å². The van der Waals surface area contributed by atoms with E-state index in [2.05, 4.69) is 20.7 Å². The van der Waals surface area contributed by atoms with Crippen LogP contribution >= 0.6 is 0 Å². The number of fused-ring (bicyclic) bond motifs is 2. The number of sulfonamides is 1. The highest BCUT2D eigenvalue weighted by Gasteiger charge is 2.62. The summed E-state index contributed by atoms with van der Waals surface area (Å²) in [7, 11) is -3.90. The number of amides is 5. The Balaban J connectivity index is 1.38. The number of nitrogens with one attached hydrogen (secondary N) is 4. The molecule has 0 bridgehead atoms. The van der Waals surface area contributed by atoms with Crippen LogP contribution in [0.5, 0.6) is 0 Å². The Morgan fingerprint density at radius 3 is 2.42 bits per heavy atom. The van der Waals surface area contributed by atoms with Gasteiger partial charge >= 0.3 is 12.2 Å². The fourth-order valence-electron chi connectivity index (χ4n) is 6.61. The van der Waals surface area contributed by atoms with Crippen molar-refractivity contribution in [3.05, 3.63) is 12.2 Å². The number of carbonyl (C=O) groups is 5. The molecule has 5 aliphatic rings. The van der Waals surface area contributed by atoms with Gasteiger partial charge in [0.2, 0.25) is 21.8 Å². The van der Waals surface area contributed by atoms with Crippen molar-refractivity contribution < 1.29 is 46.6 Å². The molecule has 0 radical (unpaired) electrons. The summed E-state index contributed by atoms with van der Waals surface area (Å²) >= 11 is 0. The van der Waals surface area contributed by atoms with Gasteiger partial charge in [-0.1, -0.05) is 31.4 Å². The Bertz CT molecular complexity index is 1390. The van der Waals surface area contributed by atoms with Gasteiger partial charge < -0.3 is 35.1 Å². The molecule has 268 valence electrons. The third kappa shape index (κ3) is 9.18. The maximum atomic E-state index is 14.1. The summed E-state index contributed by atoms with van der Waals surface area (Å²) in [5.74, 6) is -2.64. The van der Waals surface area contributed by atoms with Gasteiger partial charge in [0.05, 0.1) is 18.4 Å². The van der Waals surface area contributed by atoms with Crippen molar-refractivity contribution in [3.63, 3.8) is 0 Å². The first-order chi connectivity index (χ1) is 22.7. The smallest absolute Gasteiger partial charge is 0.408 e. The van der Waals surface area contributed by atoms with E-state index < -0.39 is 80.4 Å². The summed E-state index contributed by atoms with van der Waals surface area (Å²) in [6.45, 7) is 5.41. The zero-order chi connectivity index (χ0) is 34.7. The van der Waals surface area contributed by atoms with Crippen molar-refractivity contribution in [3.8, 4) is 0 Å². The second-order valence-electron chi connectivity index (χ2n) is 14.5. The summed E-state index contributed by atoms with van der Waals surface area (Å²) in [6.07, 6.45) is 7.48. The molecule has 0 aromatic heterocycles. The van der Waals surface area contributed by atoms with Gasteiger partial charge in [-0.15, -0.1) is 0 Å². The molecule has 15 nitrogen and oxygen atoms in total. The largest absolute Gasteiger partial charge is 0.444 e. The number of hydrogen-bond donors (Lipinski definition) is 4. The molecule has 4 fully saturated rings. The molecule has 16 heteroatoms. The van der Waals surface area contributed by atoms with Crippen LogP contribution in [0.3, 0.4) is 0 Å². The normalized spacial score (nSPS) is 31.1. The van der Waals surface area contributed by atoms with Crippen LogP contribution in [-0.2, 0) is 38.6 Å². The number of ether oxygens (including phenoxy) is 3. The molecule has 3 saturated carbocycles. The Morgan fingerprint density at radius 2 is 1.73 bits per heavy atom. The molecule has 2 heterocycles. The van der Waals surface area contributed by atoms with Gasteiger partial charge in [0, 0.05) is 25.0 Å². The molecule has 5 amide bonds. The van der Waals surface area contributed by atoms with E-state index in [-0.39, 0.29) is 45.1 Å². The molecule has 0 unspecified atom stereocenters. The number of nitrogens with zero attached hydrogens (tertiary/aromatic N) is 1. The minimum atomic E-state index is -3.90. The summed E-state index contributed by atoms with van der Waals surface area (Å²) in [6, 6.07) is -2.29. The van der Waals surface area contributed by atoms with Gasteiger partial charge in [0.25, 0.3) is 5.91 Å². The Labute approximate surface area is 281 Å². The standard InChI is InChI=1S/C32H49N5O10S/c1-31(2,3)47-30(42)34-24-12-8-16-45-15-7-9-20-18-32(20,28(40)36-48(43,44)23-13-14-23)35-26(38)25-17-22(19-37(25)27(24)39)46-29(41)33-21-10-5-4-6-11-21/h7,9,20-25H,4-6,8,10-19H2,1-3H3,(H,33,41)(H,34,42)(H,35,38)(H,36,40)/b9-7-/t20-,22-,24+,25+,32-/m1/s1. The third-order valence-electron chi connectivity index (χ3n) is 9.37. The topological polar surface area (TPSA) is 199 Å². The van der Waals surface area contributed by atoms with Gasteiger partial charge in [0.15, 0.2) is 0 Å². The molecule has 2 aliphatic heterocycles. The Kier molecular flexibility index (Phi) is 10.9. The van der Waals surface area contributed by atoms with Gasteiger partial charge in [-0.25, -0.2) is 18.0 Å². The van der Waals surface area contributed by atoms with E-state index in [1.54, 1.807) is 32.9 Å². The summed E-state index contributed by atoms with van der Waals surface area (Å²) in [5.41, 5.74) is -2.39. The van der Waals surface area contributed by atoms with Gasteiger partial charge in [0.1, 0.15) is 29.3 Å². The lowest BCUT2D eigenvalue weighted by Gasteiger charge is -2.30. The first-order valence-electron chi connectivity index (χ1n) is 17.1. The molecule has 5 rings (SSSR count). The minimum absolute atomic E-state index is 0.0159. The predicted octanol–water partition coefficient (Wildman–Crippen LogP) is 1.76. The highest BCUT2D eigenvalue weighted by molar-refractivity contribution is 7.91. The minimum Gasteiger partial charge on any atom is -0.444 e. The molecule has 3 aliphatic carbocycles. The number of carbonyl (C=O) groups excluding carboxylic acids is 5. The van der Waals surface area contributed by atoms with E-state index in [4.69, 9.17) is 14.2 Å². The number of rotatable bonds is 6. The monoisotopic (exact) mass is 695 g/mol. The first-order valence-corrected chi connectivity index (χ1v) is 18.6. The lowest BCUT2D eigenvalue weighted by Crippen LogP contribution is -2.58. The lowest BCUT2D eigenvalue weighted by molar-refractivity contribution is -0.141. The zero-order valence-electron chi connectivity index (χ0n) is 28.0. The van der Waals surface area contributed by atoms with E-state index in [1.165, 1.54) is 4.90 Å².